The van der Waals surface area contributed by atoms with Crippen LogP contribution < -0.4 is 10.1 Å². The van der Waals surface area contributed by atoms with Crippen LogP contribution in [0.3, 0.4) is 0 Å². The van der Waals surface area contributed by atoms with Crippen LogP contribution in [0.5, 0.6) is 5.75 Å². The molecule has 7 heteroatoms. The number of carbonyl (C=O) groups is 1. The molecule has 29 heavy (non-hydrogen) atoms. The highest BCUT2D eigenvalue weighted by atomic mass is 32.2. The van der Waals surface area contributed by atoms with E-state index in [1.165, 1.54) is 5.56 Å². The first-order valence-corrected chi connectivity index (χ1v) is 10.8. The second kappa shape index (κ2) is 9.60. The lowest BCUT2D eigenvalue weighted by atomic mass is 10.0. The minimum absolute atomic E-state index is 0.227. The Bertz CT molecular complexity index is 950. The summed E-state index contributed by atoms with van der Waals surface area (Å²) in [5.74, 6) is 2.45. The average molecular weight is 411 g/mol. The fourth-order valence-electron chi connectivity index (χ4n) is 2.89. The van der Waals surface area contributed by atoms with Crippen LogP contribution in [0.1, 0.15) is 42.7 Å². The predicted molar refractivity (Wildman–Crippen MR) is 119 cm³/mol. The number of methoxy groups -OCH3 is 1. The van der Waals surface area contributed by atoms with Crippen molar-refractivity contribution in [2.45, 2.75) is 32.6 Å². The number of nitrogens with one attached hydrogen (secondary N) is 1. The molecule has 0 unspecified atom stereocenters. The summed E-state index contributed by atoms with van der Waals surface area (Å²) in [6.45, 7) is 6.36. The highest BCUT2D eigenvalue weighted by Crippen LogP contribution is 2.26. The van der Waals surface area contributed by atoms with Gasteiger partial charge in [0.25, 0.3) is 5.91 Å². The molecule has 0 fully saturated rings. The Labute approximate surface area is 175 Å². The maximum Gasteiger partial charge on any atom is 0.276 e. The molecule has 0 spiro atoms. The molecule has 3 aromatic rings. The lowest BCUT2D eigenvalue weighted by Gasteiger charge is -2.11. The zero-order valence-corrected chi connectivity index (χ0v) is 18.0. The molecular weight excluding hydrogens is 384 g/mol. The van der Waals surface area contributed by atoms with Crippen LogP contribution in [-0.2, 0) is 5.88 Å². The molecular formula is C22H26N4O2S. The molecule has 152 valence electrons. The van der Waals surface area contributed by atoms with Gasteiger partial charge >= 0.3 is 0 Å². The van der Waals surface area contributed by atoms with Gasteiger partial charge in [-0.1, -0.05) is 38.1 Å². The lowest BCUT2D eigenvalue weighted by molar-refractivity contribution is 0.101. The van der Waals surface area contributed by atoms with Crippen LogP contribution in [0.2, 0.25) is 0 Å². The van der Waals surface area contributed by atoms with E-state index in [0.29, 0.717) is 23.2 Å². The standard InChI is InChI=1S/C22H26N4O2S/c1-5-29-14-26-21(20(24-25-26)17-8-12-19(28-4)13-9-17)22(27)23-18-10-6-16(7-11-18)15(2)3/h6-13,15H,5,14H2,1-4H3,(H,23,27). The molecule has 0 aliphatic heterocycles. The number of ether oxygens (including phenoxy) is 1. The molecule has 0 bridgehead atoms. The van der Waals surface area contributed by atoms with Crippen LogP contribution in [0.4, 0.5) is 5.69 Å². The SMILES string of the molecule is CCSCn1nnc(-c2ccc(OC)cc2)c1C(=O)Nc1ccc(C(C)C)cc1. The monoisotopic (exact) mass is 410 g/mol. The van der Waals surface area contributed by atoms with Crippen LogP contribution in [0, 0.1) is 0 Å². The molecule has 0 radical (unpaired) electrons. The first-order chi connectivity index (χ1) is 14.0. The van der Waals surface area contributed by atoms with Crippen molar-refractivity contribution in [1.29, 1.82) is 0 Å². The molecule has 1 aromatic heterocycles. The van der Waals surface area contributed by atoms with E-state index in [-0.39, 0.29) is 5.91 Å². The quantitative estimate of drug-likeness (QED) is 0.563. The Kier molecular flexibility index (Phi) is 6.93. The zero-order chi connectivity index (χ0) is 20.8. The van der Waals surface area contributed by atoms with Crippen molar-refractivity contribution >= 4 is 23.4 Å². The predicted octanol–water partition coefficient (Wildman–Crippen LogP) is 5.04. The van der Waals surface area contributed by atoms with Crippen molar-refractivity contribution in [3.63, 3.8) is 0 Å². The molecule has 1 N–H and O–H groups in total. The van der Waals surface area contributed by atoms with Crippen molar-refractivity contribution in [3.05, 3.63) is 59.8 Å². The lowest BCUT2D eigenvalue weighted by Crippen LogP contribution is -2.18. The average Bonchev–Trinajstić information content (AvgIpc) is 3.16. The van der Waals surface area contributed by atoms with E-state index in [2.05, 4.69) is 36.4 Å². The Balaban J connectivity index is 1.91. The van der Waals surface area contributed by atoms with Crippen molar-refractivity contribution in [3.8, 4) is 17.0 Å². The maximum absolute atomic E-state index is 13.1. The minimum Gasteiger partial charge on any atom is -0.497 e. The van der Waals surface area contributed by atoms with Crippen LogP contribution >= 0.6 is 11.8 Å². The second-order valence-electron chi connectivity index (χ2n) is 6.87. The second-order valence-corrected chi connectivity index (χ2v) is 8.11. The van der Waals surface area contributed by atoms with E-state index >= 15 is 0 Å². The van der Waals surface area contributed by atoms with Crippen LogP contribution in [-0.4, -0.2) is 33.8 Å². The van der Waals surface area contributed by atoms with Gasteiger partial charge in [0.05, 0.1) is 13.0 Å². The molecule has 1 heterocycles. The molecule has 0 saturated carbocycles. The summed E-state index contributed by atoms with van der Waals surface area (Å²) in [4.78, 5) is 13.1. The largest absolute Gasteiger partial charge is 0.497 e. The van der Waals surface area contributed by atoms with Crippen molar-refractivity contribution in [1.82, 2.24) is 15.0 Å². The molecule has 0 aliphatic carbocycles. The fraction of sp³-hybridized carbons (Fsp3) is 0.318. The fourth-order valence-corrected chi connectivity index (χ4v) is 3.43. The summed E-state index contributed by atoms with van der Waals surface area (Å²) in [5, 5.41) is 11.5. The van der Waals surface area contributed by atoms with Crippen molar-refractivity contribution < 1.29 is 9.53 Å². The van der Waals surface area contributed by atoms with E-state index in [1.807, 2.05) is 48.5 Å². The van der Waals surface area contributed by atoms with Gasteiger partial charge in [-0.15, -0.1) is 16.9 Å². The van der Waals surface area contributed by atoms with Gasteiger partial charge in [0.2, 0.25) is 0 Å². The smallest absolute Gasteiger partial charge is 0.276 e. The molecule has 0 saturated heterocycles. The van der Waals surface area contributed by atoms with Crippen LogP contribution in [0.25, 0.3) is 11.3 Å². The Morgan fingerprint density at radius 1 is 1.14 bits per heavy atom. The summed E-state index contributed by atoms with van der Waals surface area (Å²) in [6, 6.07) is 15.4. The van der Waals surface area contributed by atoms with E-state index in [9.17, 15) is 4.79 Å². The number of amides is 1. The van der Waals surface area contributed by atoms with E-state index in [1.54, 1.807) is 23.6 Å². The van der Waals surface area contributed by atoms with E-state index < -0.39 is 0 Å². The highest BCUT2D eigenvalue weighted by Gasteiger charge is 2.22. The van der Waals surface area contributed by atoms with Crippen molar-refractivity contribution in [2.75, 3.05) is 18.2 Å². The molecule has 6 nitrogen and oxygen atoms in total. The van der Waals surface area contributed by atoms with Gasteiger partial charge in [0, 0.05) is 11.3 Å². The van der Waals surface area contributed by atoms with Gasteiger partial charge in [0.15, 0.2) is 5.69 Å². The topological polar surface area (TPSA) is 69.0 Å². The number of carbonyl (C=O) groups excluding carboxylic acids is 1. The van der Waals surface area contributed by atoms with Gasteiger partial charge in [-0.2, -0.15) is 0 Å². The third-order valence-electron chi connectivity index (χ3n) is 4.57. The molecule has 2 aromatic carbocycles. The Hall–Kier alpha value is -2.80. The molecule has 0 atom stereocenters. The summed E-state index contributed by atoms with van der Waals surface area (Å²) >= 11 is 1.68. The molecule has 0 aliphatic rings. The third kappa shape index (κ3) is 4.98. The normalized spacial score (nSPS) is 10.9. The minimum atomic E-state index is -0.227. The first-order valence-electron chi connectivity index (χ1n) is 9.60. The van der Waals surface area contributed by atoms with Gasteiger partial charge in [0.1, 0.15) is 11.4 Å². The number of anilines is 1. The van der Waals surface area contributed by atoms with E-state index in [0.717, 1.165) is 22.8 Å². The van der Waals surface area contributed by atoms with E-state index in [4.69, 9.17) is 4.74 Å². The third-order valence-corrected chi connectivity index (χ3v) is 5.40. The number of thioether (sulfide) groups is 1. The zero-order valence-electron chi connectivity index (χ0n) is 17.2. The maximum atomic E-state index is 13.1. The number of hydrogen-bond donors (Lipinski definition) is 1. The van der Waals surface area contributed by atoms with Gasteiger partial charge < -0.3 is 10.1 Å². The number of benzene rings is 2. The summed E-state index contributed by atoms with van der Waals surface area (Å²) in [6.07, 6.45) is 0. The summed E-state index contributed by atoms with van der Waals surface area (Å²) in [7, 11) is 1.62. The van der Waals surface area contributed by atoms with Crippen LogP contribution in [0.15, 0.2) is 48.5 Å². The van der Waals surface area contributed by atoms with Gasteiger partial charge in [-0.3, -0.25) is 4.79 Å². The van der Waals surface area contributed by atoms with Gasteiger partial charge in [-0.05, 0) is 53.6 Å². The van der Waals surface area contributed by atoms with Gasteiger partial charge in [-0.25, -0.2) is 4.68 Å². The molecule has 3 rings (SSSR count). The number of nitrogens with zero attached hydrogens (tertiary/aromatic N) is 3. The van der Waals surface area contributed by atoms with Crippen molar-refractivity contribution in [2.24, 2.45) is 0 Å². The number of aromatic nitrogens is 3. The molecule has 1 amide bonds. The summed E-state index contributed by atoms with van der Waals surface area (Å²) in [5.41, 5.74) is 3.80. The Morgan fingerprint density at radius 2 is 1.83 bits per heavy atom. The summed E-state index contributed by atoms with van der Waals surface area (Å²) < 4.78 is 6.88. The first kappa shape index (κ1) is 20.9. The highest BCUT2D eigenvalue weighted by molar-refractivity contribution is 7.98. The number of rotatable bonds is 8. The Morgan fingerprint density at radius 3 is 2.41 bits per heavy atom. The number of hydrogen-bond acceptors (Lipinski definition) is 5.